The molecule has 0 aliphatic heterocycles. The normalized spacial score (nSPS) is 10.8. The van der Waals surface area contributed by atoms with E-state index in [0.29, 0.717) is 5.69 Å². The molecule has 0 bridgehead atoms. The molecule has 0 N–H and O–H groups in total. The zero-order valence-electron chi connectivity index (χ0n) is 10.8. The standard InChI is InChI=1S/C18H12N2/c1-3-9-15(10-4-1)17-13-7-8-14-18(17)20-19-16-11-5-2-6-12-16/h1-11,13H/b20-19+. The van der Waals surface area contributed by atoms with E-state index in [1.807, 2.05) is 60.7 Å². The van der Waals surface area contributed by atoms with Crippen LogP contribution in [-0.2, 0) is 0 Å². The molecule has 0 heterocycles. The van der Waals surface area contributed by atoms with Gasteiger partial charge in [0, 0.05) is 17.7 Å². The van der Waals surface area contributed by atoms with E-state index < -0.39 is 0 Å². The lowest BCUT2D eigenvalue weighted by Crippen LogP contribution is -1.77. The van der Waals surface area contributed by atoms with Crippen molar-refractivity contribution in [2.75, 3.05) is 0 Å². The molecule has 3 rings (SSSR count). The number of azo groups is 1. The van der Waals surface area contributed by atoms with Crippen molar-refractivity contribution in [2.45, 2.75) is 0 Å². The van der Waals surface area contributed by atoms with Crippen LogP contribution in [0.4, 0.5) is 11.4 Å². The maximum absolute atomic E-state index is 4.29. The lowest BCUT2D eigenvalue weighted by molar-refractivity contribution is 1.23. The molecule has 0 atom stereocenters. The van der Waals surface area contributed by atoms with Crippen LogP contribution in [0.5, 0.6) is 0 Å². The Morgan fingerprint density at radius 2 is 1.45 bits per heavy atom. The fourth-order valence-corrected chi connectivity index (χ4v) is 1.91. The molecule has 0 amide bonds. The number of hydrogen-bond donors (Lipinski definition) is 0. The van der Waals surface area contributed by atoms with E-state index in [1.54, 1.807) is 0 Å². The molecule has 0 saturated carbocycles. The highest BCUT2D eigenvalue weighted by Crippen LogP contribution is 2.30. The average molecular weight is 256 g/mol. The largest absolute Gasteiger partial charge is 0.150 e. The van der Waals surface area contributed by atoms with E-state index in [0.717, 1.165) is 16.8 Å². The molecule has 2 radical (unpaired) electrons. The van der Waals surface area contributed by atoms with E-state index >= 15 is 0 Å². The molecule has 3 aromatic carbocycles. The molecular weight excluding hydrogens is 244 g/mol. The van der Waals surface area contributed by atoms with Crippen molar-refractivity contribution >= 4 is 11.4 Å². The van der Waals surface area contributed by atoms with E-state index in [1.165, 1.54) is 0 Å². The lowest BCUT2D eigenvalue weighted by atomic mass is 10.0. The third kappa shape index (κ3) is 2.81. The van der Waals surface area contributed by atoms with Gasteiger partial charge in [0.2, 0.25) is 0 Å². The third-order valence-corrected chi connectivity index (χ3v) is 2.87. The Balaban J connectivity index is 1.97. The summed E-state index contributed by atoms with van der Waals surface area (Å²) in [6.45, 7) is 0. The molecule has 0 aliphatic rings. The van der Waals surface area contributed by atoms with Crippen LogP contribution in [0.3, 0.4) is 0 Å². The van der Waals surface area contributed by atoms with Crippen molar-refractivity contribution < 1.29 is 0 Å². The summed E-state index contributed by atoms with van der Waals surface area (Å²) in [7, 11) is 0. The number of benzene rings is 3. The van der Waals surface area contributed by atoms with Crippen molar-refractivity contribution in [1.82, 2.24) is 0 Å². The summed E-state index contributed by atoms with van der Waals surface area (Å²) in [5, 5.41) is 8.49. The second-order valence-electron chi connectivity index (χ2n) is 4.25. The van der Waals surface area contributed by atoms with Gasteiger partial charge in [-0.3, -0.25) is 0 Å². The van der Waals surface area contributed by atoms with Crippen LogP contribution in [0.2, 0.25) is 0 Å². The van der Waals surface area contributed by atoms with Gasteiger partial charge in [0.15, 0.2) is 0 Å². The van der Waals surface area contributed by atoms with Gasteiger partial charge in [-0.1, -0.05) is 66.7 Å². The highest BCUT2D eigenvalue weighted by atomic mass is 15.1. The molecule has 0 unspecified atom stereocenters. The highest BCUT2D eigenvalue weighted by molar-refractivity contribution is 5.75. The average Bonchev–Trinajstić information content (AvgIpc) is 2.55. The van der Waals surface area contributed by atoms with Gasteiger partial charge in [0.1, 0.15) is 5.69 Å². The quantitative estimate of drug-likeness (QED) is 0.563. The monoisotopic (exact) mass is 256 g/mol. The molecule has 0 aromatic heterocycles. The minimum Gasteiger partial charge on any atom is -0.150 e. The van der Waals surface area contributed by atoms with Crippen LogP contribution in [0.1, 0.15) is 0 Å². The molecule has 3 aromatic rings. The minimum absolute atomic E-state index is 0.712. The molecule has 2 nitrogen and oxygen atoms in total. The predicted molar refractivity (Wildman–Crippen MR) is 80.2 cm³/mol. The summed E-state index contributed by atoms with van der Waals surface area (Å²) in [6.07, 6.45) is 0. The van der Waals surface area contributed by atoms with E-state index in [9.17, 15) is 0 Å². The Kier molecular flexibility index (Phi) is 3.65. The predicted octanol–water partition coefficient (Wildman–Crippen LogP) is 5.37. The molecule has 0 spiro atoms. The molecule has 0 saturated heterocycles. The Morgan fingerprint density at radius 3 is 2.25 bits per heavy atom. The van der Waals surface area contributed by atoms with Crippen LogP contribution in [0.15, 0.2) is 83.0 Å². The second-order valence-corrected chi connectivity index (χ2v) is 4.25. The first-order chi connectivity index (χ1) is 9.93. The van der Waals surface area contributed by atoms with Crippen LogP contribution in [0.25, 0.3) is 11.1 Å². The van der Waals surface area contributed by atoms with Crippen LogP contribution >= 0.6 is 0 Å². The van der Waals surface area contributed by atoms with Gasteiger partial charge in [-0.2, -0.15) is 0 Å². The van der Waals surface area contributed by atoms with Gasteiger partial charge in [-0.15, -0.1) is 10.2 Å². The third-order valence-electron chi connectivity index (χ3n) is 2.87. The van der Waals surface area contributed by atoms with E-state index in [2.05, 4.69) is 34.5 Å². The highest BCUT2D eigenvalue weighted by Gasteiger charge is 2.03. The van der Waals surface area contributed by atoms with Crippen molar-refractivity contribution in [3.63, 3.8) is 0 Å². The Hall–Kier alpha value is -2.74. The van der Waals surface area contributed by atoms with Gasteiger partial charge in [-0.05, 0) is 11.6 Å². The van der Waals surface area contributed by atoms with E-state index in [-0.39, 0.29) is 0 Å². The van der Waals surface area contributed by atoms with Crippen molar-refractivity contribution in [3.05, 3.63) is 84.9 Å². The van der Waals surface area contributed by atoms with Crippen LogP contribution < -0.4 is 0 Å². The number of rotatable bonds is 3. The minimum atomic E-state index is 0.712. The Labute approximate surface area is 118 Å². The zero-order valence-corrected chi connectivity index (χ0v) is 10.8. The second kappa shape index (κ2) is 5.93. The summed E-state index contributed by atoms with van der Waals surface area (Å²) in [6, 6.07) is 29.6. The van der Waals surface area contributed by atoms with Crippen molar-refractivity contribution in [3.8, 4) is 11.1 Å². The SMILES string of the molecule is [c]1ccccc1/N=N/c1[c]cccc1-c1ccccc1. The van der Waals surface area contributed by atoms with Crippen LogP contribution in [-0.4, -0.2) is 0 Å². The van der Waals surface area contributed by atoms with Crippen molar-refractivity contribution in [1.29, 1.82) is 0 Å². The maximum atomic E-state index is 4.29. The fourth-order valence-electron chi connectivity index (χ4n) is 1.91. The molecule has 0 fully saturated rings. The molecule has 0 aliphatic carbocycles. The maximum Gasteiger partial charge on any atom is 0.101 e. The summed E-state index contributed by atoms with van der Waals surface area (Å²) in [4.78, 5) is 0. The first kappa shape index (κ1) is 12.3. The zero-order chi connectivity index (χ0) is 13.6. The first-order valence-electron chi connectivity index (χ1n) is 6.38. The summed E-state index contributed by atoms with van der Waals surface area (Å²) >= 11 is 0. The number of nitrogens with zero attached hydrogens (tertiary/aromatic N) is 2. The smallest absolute Gasteiger partial charge is 0.101 e. The van der Waals surface area contributed by atoms with Crippen LogP contribution in [0, 0.1) is 12.1 Å². The van der Waals surface area contributed by atoms with Gasteiger partial charge >= 0.3 is 0 Å². The fraction of sp³-hybridized carbons (Fsp3) is 0. The Bertz CT molecular complexity index is 704. The van der Waals surface area contributed by atoms with Gasteiger partial charge < -0.3 is 0 Å². The summed E-state index contributed by atoms with van der Waals surface area (Å²) < 4.78 is 0. The molecule has 20 heavy (non-hydrogen) atoms. The van der Waals surface area contributed by atoms with Gasteiger partial charge in [-0.25, -0.2) is 0 Å². The first-order valence-corrected chi connectivity index (χ1v) is 6.38. The lowest BCUT2D eigenvalue weighted by Gasteiger charge is -2.04. The van der Waals surface area contributed by atoms with Gasteiger partial charge in [0.05, 0.1) is 5.69 Å². The topological polar surface area (TPSA) is 24.7 Å². The summed E-state index contributed by atoms with van der Waals surface area (Å²) in [5.74, 6) is 0. The number of hydrogen-bond acceptors (Lipinski definition) is 2. The summed E-state index contributed by atoms with van der Waals surface area (Å²) in [5.41, 5.74) is 3.57. The van der Waals surface area contributed by atoms with Gasteiger partial charge in [0.25, 0.3) is 0 Å². The molecular formula is C18H12N2. The molecule has 2 heteroatoms. The van der Waals surface area contributed by atoms with E-state index in [4.69, 9.17) is 0 Å². The molecule has 94 valence electrons. The van der Waals surface area contributed by atoms with Crippen molar-refractivity contribution in [2.24, 2.45) is 10.2 Å². The Morgan fingerprint density at radius 1 is 0.650 bits per heavy atom.